The molecule has 1 saturated heterocycles. The third-order valence-electron chi connectivity index (χ3n) is 15.4. The van der Waals surface area contributed by atoms with Gasteiger partial charge in [0.15, 0.2) is 11.8 Å². The van der Waals surface area contributed by atoms with Gasteiger partial charge in [0.1, 0.15) is 6.54 Å². The van der Waals surface area contributed by atoms with E-state index >= 15 is 0 Å². The number of hydrogen-bond acceptors (Lipinski definition) is 1. The van der Waals surface area contributed by atoms with Gasteiger partial charge in [0.2, 0.25) is 0 Å². The minimum atomic E-state index is 0.231. The van der Waals surface area contributed by atoms with Crippen molar-refractivity contribution in [2.24, 2.45) is 46.3 Å². The number of likely N-dealkylation sites (tertiary alicyclic amines) is 1. The number of halogens is 1. The number of unbranched alkanes of at least 4 members (excludes halogenated alkanes) is 2. The molecule has 48 heavy (non-hydrogen) atoms. The summed E-state index contributed by atoms with van der Waals surface area (Å²) in [5.41, 5.74) is 6.40. The maximum absolute atomic E-state index is 7.32. The Morgan fingerprint density at radius 1 is 0.729 bits per heavy atom. The quantitative estimate of drug-likeness (QED) is 0.221. The van der Waals surface area contributed by atoms with E-state index in [9.17, 15) is 0 Å². The Kier molecular flexibility index (Phi) is 10.5. The SMILES string of the molecule is CCCCN1/C(=C/C=C2\CCC(/C=C/C3=[N+](CCCC)C4CCC5CCCCC5C4C3(C)C)=C2Cl)C(C)(C)C2C3CCCCC3CCC21. The molecular formula is C45H70ClN2+. The fraction of sp³-hybridized carbons (Fsp3) is 0.800. The second-order valence-corrected chi connectivity index (χ2v) is 19.0. The lowest BCUT2D eigenvalue weighted by Gasteiger charge is -2.47. The molecular weight excluding hydrogens is 604 g/mol. The number of fused-ring (bicyclic) bond motifs is 6. The summed E-state index contributed by atoms with van der Waals surface area (Å²) in [7, 11) is 0. The largest absolute Gasteiger partial charge is 0.371 e. The molecule has 4 saturated carbocycles. The maximum atomic E-state index is 7.32. The Balaban J connectivity index is 1.16. The summed E-state index contributed by atoms with van der Waals surface area (Å²) in [5.74, 6) is 5.40. The van der Waals surface area contributed by atoms with Gasteiger partial charge in [0.05, 0.1) is 5.41 Å². The van der Waals surface area contributed by atoms with Crippen molar-refractivity contribution in [1.82, 2.24) is 4.90 Å². The Bertz CT molecular complexity index is 1340. The highest BCUT2D eigenvalue weighted by atomic mass is 35.5. The molecule has 0 aromatic carbocycles. The van der Waals surface area contributed by atoms with Gasteiger partial charge in [0.25, 0.3) is 0 Å². The van der Waals surface area contributed by atoms with Crippen LogP contribution in [0.2, 0.25) is 0 Å². The van der Waals surface area contributed by atoms with Crippen LogP contribution in [-0.4, -0.2) is 40.4 Å². The molecule has 266 valence electrons. The Hall–Kier alpha value is -1.28. The van der Waals surface area contributed by atoms with E-state index in [-0.39, 0.29) is 10.8 Å². The van der Waals surface area contributed by atoms with E-state index in [1.165, 1.54) is 127 Å². The summed E-state index contributed by atoms with van der Waals surface area (Å²) < 4.78 is 2.89. The van der Waals surface area contributed by atoms with Crippen molar-refractivity contribution >= 4 is 17.3 Å². The van der Waals surface area contributed by atoms with Crippen molar-refractivity contribution in [3.63, 3.8) is 0 Å². The highest BCUT2D eigenvalue weighted by molar-refractivity contribution is 6.33. The van der Waals surface area contributed by atoms with Crippen molar-refractivity contribution in [3.8, 4) is 0 Å². The van der Waals surface area contributed by atoms with E-state index in [1.54, 1.807) is 11.4 Å². The molecule has 0 aromatic rings. The molecule has 5 fully saturated rings. The van der Waals surface area contributed by atoms with E-state index in [2.05, 4.69) is 75.3 Å². The highest BCUT2D eigenvalue weighted by Crippen LogP contribution is 2.60. The maximum Gasteiger partial charge on any atom is 0.182 e. The average Bonchev–Trinajstić information content (AvgIpc) is 3.63. The van der Waals surface area contributed by atoms with Gasteiger partial charge < -0.3 is 4.90 Å². The minimum Gasteiger partial charge on any atom is -0.371 e. The monoisotopic (exact) mass is 674 g/mol. The number of allylic oxidation sites excluding steroid dienone is 8. The third kappa shape index (κ3) is 6.17. The van der Waals surface area contributed by atoms with Crippen LogP contribution < -0.4 is 0 Å². The van der Waals surface area contributed by atoms with Gasteiger partial charge in [-0.1, -0.05) is 103 Å². The first-order valence-electron chi connectivity index (χ1n) is 21.1. The molecule has 0 aromatic heterocycles. The predicted octanol–water partition coefficient (Wildman–Crippen LogP) is 12.2. The van der Waals surface area contributed by atoms with Gasteiger partial charge in [0, 0.05) is 53.6 Å². The average molecular weight is 675 g/mol. The standard InChI is InChI=1S/C45H70ClN2/c1-7-9-29-47-37-25-21-31-15-11-13-17-35(31)41(37)44(3,4)39(47)27-23-33-19-20-34(43(33)46)24-28-40-45(5,6)42-36-18-14-12-16-32(36)22-26-38(42)48(40)30-10-8-2/h23-24,27-28,31-32,35-38,41-42H,7-22,25-26,29-30H2,1-6H3/q+1. The molecule has 0 radical (unpaired) electrons. The van der Waals surface area contributed by atoms with Crippen molar-refractivity contribution in [2.45, 2.75) is 169 Å². The molecule has 7 rings (SSSR count). The van der Waals surface area contributed by atoms with Gasteiger partial charge in [-0.2, -0.15) is 0 Å². The first kappa shape index (κ1) is 35.1. The summed E-state index contributed by atoms with van der Waals surface area (Å²) in [6.07, 6.45) is 34.7. The van der Waals surface area contributed by atoms with Crippen molar-refractivity contribution in [3.05, 3.63) is 46.2 Å². The number of nitrogens with zero attached hydrogens (tertiary/aromatic N) is 2. The number of hydrogen-bond donors (Lipinski definition) is 0. The summed E-state index contributed by atoms with van der Waals surface area (Å²) in [4.78, 5) is 2.89. The van der Waals surface area contributed by atoms with Crippen molar-refractivity contribution < 1.29 is 4.58 Å². The minimum absolute atomic E-state index is 0.231. The zero-order valence-electron chi connectivity index (χ0n) is 31.8. The van der Waals surface area contributed by atoms with Crippen LogP contribution in [-0.2, 0) is 0 Å². The van der Waals surface area contributed by atoms with Crippen LogP contribution in [0, 0.1) is 46.3 Å². The summed E-state index contributed by atoms with van der Waals surface area (Å²) in [6, 6.07) is 1.47. The van der Waals surface area contributed by atoms with Gasteiger partial charge >= 0.3 is 0 Å². The molecule has 2 heterocycles. The van der Waals surface area contributed by atoms with Crippen LogP contribution in [0.4, 0.5) is 0 Å². The van der Waals surface area contributed by atoms with Gasteiger partial charge in [-0.25, -0.2) is 4.58 Å². The first-order valence-corrected chi connectivity index (χ1v) is 21.4. The molecule has 8 unspecified atom stereocenters. The van der Waals surface area contributed by atoms with Crippen LogP contribution >= 0.6 is 11.6 Å². The second kappa shape index (κ2) is 14.4. The van der Waals surface area contributed by atoms with Crippen LogP contribution in [0.1, 0.15) is 157 Å². The lowest BCUT2D eigenvalue weighted by atomic mass is 9.57. The van der Waals surface area contributed by atoms with Crippen LogP contribution in [0.25, 0.3) is 0 Å². The second-order valence-electron chi connectivity index (χ2n) is 18.6. The van der Waals surface area contributed by atoms with E-state index in [1.807, 2.05) is 0 Å². The van der Waals surface area contributed by atoms with E-state index in [0.29, 0.717) is 0 Å². The van der Waals surface area contributed by atoms with Crippen LogP contribution in [0.5, 0.6) is 0 Å². The smallest absolute Gasteiger partial charge is 0.182 e. The number of rotatable bonds is 9. The predicted molar refractivity (Wildman–Crippen MR) is 206 cm³/mol. The Labute approximate surface area is 300 Å². The molecule has 2 aliphatic heterocycles. The van der Waals surface area contributed by atoms with Gasteiger partial charge in [-0.3, -0.25) is 0 Å². The topological polar surface area (TPSA) is 6.25 Å². The fourth-order valence-electron chi connectivity index (χ4n) is 13.2. The summed E-state index contributed by atoms with van der Waals surface area (Å²) in [6.45, 7) is 17.5. The lowest BCUT2D eigenvalue weighted by molar-refractivity contribution is -0.569. The molecule has 2 nitrogen and oxygen atoms in total. The van der Waals surface area contributed by atoms with Gasteiger partial charge in [-0.15, -0.1) is 0 Å². The van der Waals surface area contributed by atoms with Crippen LogP contribution in [0.15, 0.2) is 46.2 Å². The Morgan fingerprint density at radius 2 is 1.40 bits per heavy atom. The molecule has 0 spiro atoms. The third-order valence-corrected chi connectivity index (χ3v) is 15.9. The summed E-state index contributed by atoms with van der Waals surface area (Å²) in [5, 5.41) is 1.03. The Morgan fingerprint density at radius 3 is 2.10 bits per heavy atom. The molecule has 0 amide bonds. The normalized spacial score (nSPS) is 39.0. The van der Waals surface area contributed by atoms with Crippen LogP contribution in [0.3, 0.4) is 0 Å². The van der Waals surface area contributed by atoms with Crippen molar-refractivity contribution in [1.29, 1.82) is 0 Å². The first-order chi connectivity index (χ1) is 23.2. The molecule has 7 aliphatic rings. The zero-order valence-corrected chi connectivity index (χ0v) is 32.6. The molecule has 0 N–H and O–H groups in total. The van der Waals surface area contributed by atoms with Gasteiger partial charge in [-0.05, 0) is 112 Å². The fourth-order valence-corrected chi connectivity index (χ4v) is 13.5. The summed E-state index contributed by atoms with van der Waals surface area (Å²) >= 11 is 7.32. The zero-order chi connectivity index (χ0) is 33.6. The molecule has 0 bridgehead atoms. The molecule has 3 heteroatoms. The molecule has 5 aliphatic carbocycles. The van der Waals surface area contributed by atoms with Crippen molar-refractivity contribution in [2.75, 3.05) is 13.1 Å². The van der Waals surface area contributed by atoms with E-state index < -0.39 is 0 Å². The molecule has 8 atom stereocenters. The highest BCUT2D eigenvalue weighted by Gasteiger charge is 2.60. The van der Waals surface area contributed by atoms with E-state index in [0.717, 1.165) is 65.5 Å². The lowest BCUT2D eigenvalue weighted by Crippen LogP contribution is -2.46. The van der Waals surface area contributed by atoms with E-state index in [4.69, 9.17) is 11.6 Å².